The van der Waals surface area contributed by atoms with E-state index in [0.717, 1.165) is 16.7 Å². The summed E-state index contributed by atoms with van der Waals surface area (Å²) < 4.78 is 11.2. The minimum Gasteiger partial charge on any atom is -0.493 e. The second kappa shape index (κ2) is 9.89. The highest BCUT2D eigenvalue weighted by Gasteiger charge is 2.08. The van der Waals surface area contributed by atoms with Gasteiger partial charge in [0.2, 0.25) is 0 Å². The number of hydrogen-bond acceptors (Lipinski definition) is 5. The van der Waals surface area contributed by atoms with Crippen LogP contribution >= 0.6 is 0 Å². The lowest BCUT2D eigenvalue weighted by Crippen LogP contribution is -2.18. The first-order valence-electron chi connectivity index (χ1n) is 9.29. The fraction of sp³-hybridized carbons (Fsp3) is 0.125. The highest BCUT2D eigenvalue weighted by Crippen LogP contribution is 2.28. The number of aryl methyl sites for hydroxylation is 1. The molecule has 0 aromatic heterocycles. The number of nitriles is 1. The smallest absolute Gasteiger partial charge is 0.271 e. The molecule has 3 rings (SSSR count). The maximum Gasteiger partial charge on any atom is 0.271 e. The molecule has 0 heterocycles. The molecule has 0 aliphatic heterocycles. The molecule has 0 fully saturated rings. The summed E-state index contributed by atoms with van der Waals surface area (Å²) in [4.78, 5) is 12.2. The predicted molar refractivity (Wildman–Crippen MR) is 115 cm³/mol. The molecule has 0 radical (unpaired) electrons. The fourth-order valence-electron chi connectivity index (χ4n) is 2.77. The Morgan fingerprint density at radius 3 is 2.57 bits per heavy atom. The van der Waals surface area contributed by atoms with Crippen molar-refractivity contribution in [1.82, 2.24) is 5.43 Å². The number of carbonyl (C=O) groups is 1. The van der Waals surface area contributed by atoms with E-state index in [9.17, 15) is 4.79 Å². The van der Waals surface area contributed by atoms with Gasteiger partial charge in [0.25, 0.3) is 5.91 Å². The number of rotatable bonds is 7. The lowest BCUT2D eigenvalue weighted by molar-refractivity contribution is 0.0954. The van der Waals surface area contributed by atoms with Crippen LogP contribution in [-0.4, -0.2) is 19.2 Å². The average Bonchev–Trinajstić information content (AvgIpc) is 2.78. The van der Waals surface area contributed by atoms with E-state index in [1.54, 1.807) is 43.7 Å². The molecule has 6 nitrogen and oxygen atoms in total. The SMILES string of the molecule is COc1cc(/C=N\NC(=O)c2ccccc2C)ccc1OCc1ccc(C#N)cc1. The van der Waals surface area contributed by atoms with Crippen LogP contribution in [0.3, 0.4) is 0 Å². The summed E-state index contributed by atoms with van der Waals surface area (Å²) >= 11 is 0. The van der Waals surface area contributed by atoms with E-state index in [-0.39, 0.29) is 5.91 Å². The van der Waals surface area contributed by atoms with Gasteiger partial charge in [-0.05, 0) is 60.0 Å². The summed E-state index contributed by atoms with van der Waals surface area (Å²) in [6, 6.07) is 22.0. The van der Waals surface area contributed by atoms with Crippen LogP contribution in [0.5, 0.6) is 11.5 Å². The molecular formula is C24H21N3O3. The highest BCUT2D eigenvalue weighted by molar-refractivity contribution is 5.96. The molecular weight excluding hydrogens is 378 g/mol. The van der Waals surface area contributed by atoms with Crippen molar-refractivity contribution >= 4 is 12.1 Å². The van der Waals surface area contributed by atoms with Gasteiger partial charge >= 0.3 is 0 Å². The van der Waals surface area contributed by atoms with Crippen LogP contribution in [0.2, 0.25) is 0 Å². The Bertz CT molecular complexity index is 1100. The molecule has 1 N–H and O–H groups in total. The van der Waals surface area contributed by atoms with E-state index in [0.29, 0.717) is 29.2 Å². The van der Waals surface area contributed by atoms with Crippen molar-refractivity contribution < 1.29 is 14.3 Å². The van der Waals surface area contributed by atoms with Crippen molar-refractivity contribution in [3.8, 4) is 17.6 Å². The zero-order chi connectivity index (χ0) is 21.3. The van der Waals surface area contributed by atoms with Crippen molar-refractivity contribution in [3.63, 3.8) is 0 Å². The topological polar surface area (TPSA) is 83.7 Å². The minimum atomic E-state index is -0.265. The van der Waals surface area contributed by atoms with Crippen molar-refractivity contribution in [1.29, 1.82) is 5.26 Å². The third-order valence-electron chi connectivity index (χ3n) is 4.43. The van der Waals surface area contributed by atoms with Gasteiger partial charge in [0, 0.05) is 5.56 Å². The first-order chi connectivity index (χ1) is 14.6. The number of hydrazone groups is 1. The molecule has 3 aromatic carbocycles. The molecule has 0 spiro atoms. The van der Waals surface area contributed by atoms with Gasteiger partial charge in [0.1, 0.15) is 6.61 Å². The first kappa shape index (κ1) is 20.6. The van der Waals surface area contributed by atoms with Crippen LogP contribution in [0.4, 0.5) is 0 Å². The molecule has 6 heteroatoms. The molecule has 150 valence electrons. The molecule has 1 amide bonds. The van der Waals surface area contributed by atoms with Crippen LogP contribution in [0.1, 0.15) is 32.6 Å². The van der Waals surface area contributed by atoms with Crippen LogP contribution in [0, 0.1) is 18.3 Å². The van der Waals surface area contributed by atoms with Gasteiger partial charge in [-0.15, -0.1) is 0 Å². The Hall–Kier alpha value is -4.11. The average molecular weight is 399 g/mol. The molecule has 0 bridgehead atoms. The monoisotopic (exact) mass is 399 g/mol. The predicted octanol–water partition coefficient (Wildman–Crippen LogP) is 4.22. The Labute approximate surface area is 175 Å². The standard InChI is InChI=1S/C24H21N3O3/c1-17-5-3-4-6-21(17)24(28)27-26-15-20-11-12-22(23(13-20)29-2)30-16-19-9-7-18(14-25)8-10-19/h3-13,15H,16H2,1-2H3,(H,27,28)/b26-15-. The van der Waals surface area contributed by atoms with Gasteiger partial charge in [0.05, 0.1) is 25.0 Å². The second-order valence-electron chi connectivity index (χ2n) is 6.52. The van der Waals surface area contributed by atoms with Crippen LogP contribution in [-0.2, 0) is 6.61 Å². The molecule has 0 saturated heterocycles. The van der Waals surface area contributed by atoms with E-state index >= 15 is 0 Å². The zero-order valence-electron chi connectivity index (χ0n) is 16.8. The lowest BCUT2D eigenvalue weighted by atomic mass is 10.1. The number of hydrogen-bond donors (Lipinski definition) is 1. The van der Waals surface area contributed by atoms with Crippen molar-refractivity contribution in [2.75, 3.05) is 7.11 Å². The summed E-state index contributed by atoms with van der Waals surface area (Å²) in [6.45, 7) is 2.22. The molecule has 3 aromatic rings. The minimum absolute atomic E-state index is 0.265. The number of nitrogens with one attached hydrogen (secondary N) is 1. The van der Waals surface area contributed by atoms with Gasteiger partial charge < -0.3 is 9.47 Å². The van der Waals surface area contributed by atoms with Crippen LogP contribution < -0.4 is 14.9 Å². The third kappa shape index (κ3) is 5.24. The number of carbonyl (C=O) groups excluding carboxylic acids is 1. The van der Waals surface area contributed by atoms with Gasteiger partial charge in [-0.25, -0.2) is 5.43 Å². The maximum atomic E-state index is 12.2. The van der Waals surface area contributed by atoms with Gasteiger partial charge in [-0.3, -0.25) is 4.79 Å². The van der Waals surface area contributed by atoms with Crippen molar-refractivity contribution in [2.45, 2.75) is 13.5 Å². The Morgan fingerprint density at radius 2 is 1.87 bits per heavy atom. The van der Waals surface area contributed by atoms with Gasteiger partial charge in [0.15, 0.2) is 11.5 Å². The number of ether oxygens (including phenoxy) is 2. The number of amides is 1. The van der Waals surface area contributed by atoms with E-state index < -0.39 is 0 Å². The maximum absolute atomic E-state index is 12.2. The summed E-state index contributed by atoms with van der Waals surface area (Å²) in [5, 5.41) is 12.9. The quantitative estimate of drug-likeness (QED) is 0.476. The highest BCUT2D eigenvalue weighted by atomic mass is 16.5. The number of nitrogens with zero attached hydrogens (tertiary/aromatic N) is 2. The number of methoxy groups -OCH3 is 1. The van der Waals surface area contributed by atoms with Crippen LogP contribution in [0.15, 0.2) is 71.8 Å². The van der Waals surface area contributed by atoms with E-state index in [2.05, 4.69) is 16.6 Å². The molecule has 0 aliphatic rings. The summed E-state index contributed by atoms with van der Waals surface area (Å²) in [5.74, 6) is 0.875. The van der Waals surface area contributed by atoms with Gasteiger partial charge in [-0.1, -0.05) is 30.3 Å². The largest absolute Gasteiger partial charge is 0.493 e. The summed E-state index contributed by atoms with van der Waals surface area (Å²) in [6.07, 6.45) is 1.54. The molecule has 0 atom stereocenters. The normalized spacial score (nSPS) is 10.4. The lowest BCUT2D eigenvalue weighted by Gasteiger charge is -2.11. The van der Waals surface area contributed by atoms with Crippen molar-refractivity contribution in [2.24, 2.45) is 5.10 Å². The van der Waals surface area contributed by atoms with E-state index in [1.165, 1.54) is 0 Å². The summed E-state index contributed by atoms with van der Waals surface area (Å²) in [5.41, 5.74) is 6.30. The van der Waals surface area contributed by atoms with Gasteiger partial charge in [-0.2, -0.15) is 10.4 Å². The second-order valence-corrected chi connectivity index (χ2v) is 6.52. The zero-order valence-corrected chi connectivity index (χ0v) is 16.8. The third-order valence-corrected chi connectivity index (χ3v) is 4.43. The Kier molecular flexibility index (Phi) is 6.80. The first-order valence-corrected chi connectivity index (χ1v) is 9.29. The molecule has 0 saturated carbocycles. The summed E-state index contributed by atoms with van der Waals surface area (Å²) in [7, 11) is 1.56. The Balaban J connectivity index is 1.63. The molecule has 0 aliphatic carbocycles. The van der Waals surface area contributed by atoms with Crippen molar-refractivity contribution in [3.05, 3.63) is 94.5 Å². The molecule has 30 heavy (non-hydrogen) atoms. The number of benzene rings is 3. The van der Waals surface area contributed by atoms with Crippen LogP contribution in [0.25, 0.3) is 0 Å². The Morgan fingerprint density at radius 1 is 1.10 bits per heavy atom. The molecule has 0 unspecified atom stereocenters. The fourth-order valence-corrected chi connectivity index (χ4v) is 2.77. The van der Waals surface area contributed by atoms with E-state index in [4.69, 9.17) is 14.7 Å². The van der Waals surface area contributed by atoms with E-state index in [1.807, 2.05) is 43.3 Å².